The predicted molar refractivity (Wildman–Crippen MR) is 101 cm³/mol. The number of carbonyl (C=O) groups is 2. The first-order valence-corrected chi connectivity index (χ1v) is 9.15. The highest BCUT2D eigenvalue weighted by Crippen LogP contribution is 2.26. The van der Waals surface area contributed by atoms with Crippen LogP contribution < -0.4 is 10.1 Å². The lowest BCUT2D eigenvalue weighted by Crippen LogP contribution is -2.52. The van der Waals surface area contributed by atoms with Crippen molar-refractivity contribution in [3.05, 3.63) is 28.2 Å². The van der Waals surface area contributed by atoms with Crippen LogP contribution in [0.4, 0.5) is 0 Å². The van der Waals surface area contributed by atoms with Gasteiger partial charge in [-0.3, -0.25) is 14.5 Å². The first-order chi connectivity index (χ1) is 11.7. The molecule has 2 rings (SSSR count). The molecule has 1 aliphatic rings. The molecule has 0 aromatic heterocycles. The second-order valence-corrected chi connectivity index (χ2v) is 8.07. The monoisotopic (exact) mass is 411 g/mol. The van der Waals surface area contributed by atoms with Gasteiger partial charge in [0.05, 0.1) is 18.1 Å². The number of carbonyl (C=O) groups excluding carboxylic acids is 2. The summed E-state index contributed by atoms with van der Waals surface area (Å²) in [6.45, 7) is 8.89. The van der Waals surface area contributed by atoms with Gasteiger partial charge >= 0.3 is 0 Å². The fourth-order valence-electron chi connectivity index (χ4n) is 2.75. The van der Waals surface area contributed by atoms with Crippen molar-refractivity contribution in [2.75, 3.05) is 39.8 Å². The van der Waals surface area contributed by atoms with E-state index in [1.165, 1.54) is 0 Å². The van der Waals surface area contributed by atoms with Gasteiger partial charge in [0.25, 0.3) is 5.91 Å². The fourth-order valence-corrected chi connectivity index (χ4v) is 3.29. The predicted octanol–water partition coefficient (Wildman–Crippen LogP) is 2.13. The number of hydrogen-bond donors (Lipinski definition) is 1. The first kappa shape index (κ1) is 19.7. The van der Waals surface area contributed by atoms with Crippen molar-refractivity contribution in [1.29, 1.82) is 0 Å². The Labute approximate surface area is 157 Å². The molecule has 1 heterocycles. The van der Waals surface area contributed by atoms with E-state index >= 15 is 0 Å². The average Bonchev–Trinajstić information content (AvgIpc) is 2.53. The Hall–Kier alpha value is -1.60. The molecule has 0 radical (unpaired) electrons. The Morgan fingerprint density at radius 2 is 1.84 bits per heavy atom. The van der Waals surface area contributed by atoms with E-state index in [0.29, 0.717) is 44.0 Å². The summed E-state index contributed by atoms with van der Waals surface area (Å²) in [4.78, 5) is 28.5. The van der Waals surface area contributed by atoms with Gasteiger partial charge in [-0.05, 0) is 54.9 Å². The number of methoxy groups -OCH3 is 1. The van der Waals surface area contributed by atoms with Crippen LogP contribution >= 0.6 is 15.9 Å². The number of benzene rings is 1. The largest absolute Gasteiger partial charge is 0.496 e. The molecular formula is C18H26BrN3O3. The third-order valence-electron chi connectivity index (χ3n) is 3.94. The minimum absolute atomic E-state index is 0.00199. The number of nitrogens with zero attached hydrogens (tertiary/aromatic N) is 2. The molecular weight excluding hydrogens is 386 g/mol. The van der Waals surface area contributed by atoms with E-state index in [0.717, 1.165) is 4.47 Å². The van der Waals surface area contributed by atoms with Gasteiger partial charge in [0, 0.05) is 37.3 Å². The summed E-state index contributed by atoms with van der Waals surface area (Å²) >= 11 is 3.41. The Kier molecular flexibility index (Phi) is 6.46. The Bertz CT molecular complexity index is 635. The maximum Gasteiger partial charge on any atom is 0.253 e. The Morgan fingerprint density at radius 1 is 1.20 bits per heavy atom. The molecule has 138 valence electrons. The van der Waals surface area contributed by atoms with Gasteiger partial charge in [-0.1, -0.05) is 0 Å². The second-order valence-electron chi connectivity index (χ2n) is 7.22. The quantitative estimate of drug-likeness (QED) is 0.823. The Morgan fingerprint density at radius 3 is 2.36 bits per heavy atom. The molecule has 2 amide bonds. The maximum absolute atomic E-state index is 12.6. The van der Waals surface area contributed by atoms with Crippen LogP contribution in [0.3, 0.4) is 0 Å². The van der Waals surface area contributed by atoms with Crippen molar-refractivity contribution in [2.24, 2.45) is 0 Å². The number of nitrogens with one attached hydrogen (secondary N) is 1. The molecule has 0 saturated carbocycles. The zero-order valence-electron chi connectivity index (χ0n) is 15.3. The summed E-state index contributed by atoms with van der Waals surface area (Å²) in [5.41, 5.74) is 0.406. The molecule has 0 atom stereocenters. The Balaban J connectivity index is 1.88. The zero-order chi connectivity index (χ0) is 18.6. The number of ether oxygens (including phenoxy) is 1. The summed E-state index contributed by atoms with van der Waals surface area (Å²) in [7, 11) is 1.59. The van der Waals surface area contributed by atoms with E-state index in [2.05, 4.69) is 26.1 Å². The van der Waals surface area contributed by atoms with Crippen molar-refractivity contribution in [3.8, 4) is 5.75 Å². The third-order valence-corrected chi connectivity index (χ3v) is 4.56. The van der Waals surface area contributed by atoms with Crippen LogP contribution in [-0.4, -0.2) is 67.0 Å². The summed E-state index contributed by atoms with van der Waals surface area (Å²) in [5, 5.41) is 2.97. The van der Waals surface area contributed by atoms with Crippen molar-refractivity contribution in [3.63, 3.8) is 0 Å². The highest BCUT2D eigenvalue weighted by molar-refractivity contribution is 9.10. The zero-order valence-corrected chi connectivity index (χ0v) is 16.9. The molecule has 1 aromatic rings. The van der Waals surface area contributed by atoms with Crippen molar-refractivity contribution >= 4 is 27.7 Å². The van der Waals surface area contributed by atoms with Crippen LogP contribution in [0.1, 0.15) is 31.1 Å². The standard InChI is InChI=1S/C18H26BrN3O3/c1-18(2,3)20-16(23)12-21-7-9-22(10-8-21)17(24)13-5-6-15(25-4)14(19)11-13/h5-6,11H,7-10,12H2,1-4H3,(H,20,23). The van der Waals surface area contributed by atoms with Crippen LogP contribution in [0, 0.1) is 0 Å². The molecule has 0 unspecified atom stereocenters. The lowest BCUT2D eigenvalue weighted by atomic mass is 10.1. The SMILES string of the molecule is COc1ccc(C(=O)N2CCN(CC(=O)NC(C)(C)C)CC2)cc1Br. The molecule has 25 heavy (non-hydrogen) atoms. The third kappa shape index (κ3) is 5.71. The highest BCUT2D eigenvalue weighted by Gasteiger charge is 2.24. The van der Waals surface area contributed by atoms with Gasteiger partial charge in [-0.25, -0.2) is 0 Å². The van der Waals surface area contributed by atoms with Crippen molar-refractivity contribution in [1.82, 2.24) is 15.1 Å². The summed E-state index contributed by atoms with van der Waals surface area (Å²) in [6.07, 6.45) is 0. The maximum atomic E-state index is 12.6. The smallest absolute Gasteiger partial charge is 0.253 e. The van der Waals surface area contributed by atoms with Crippen LogP contribution in [0.2, 0.25) is 0 Å². The highest BCUT2D eigenvalue weighted by atomic mass is 79.9. The summed E-state index contributed by atoms with van der Waals surface area (Å²) < 4.78 is 5.96. The van der Waals surface area contributed by atoms with Gasteiger partial charge in [0.1, 0.15) is 5.75 Å². The van der Waals surface area contributed by atoms with Crippen LogP contribution in [-0.2, 0) is 4.79 Å². The van der Waals surface area contributed by atoms with Gasteiger partial charge < -0.3 is 15.0 Å². The van der Waals surface area contributed by atoms with Crippen LogP contribution in [0.25, 0.3) is 0 Å². The number of rotatable bonds is 4. The van der Waals surface area contributed by atoms with Crippen LogP contribution in [0.5, 0.6) is 5.75 Å². The second kappa shape index (κ2) is 8.19. The average molecular weight is 412 g/mol. The van der Waals surface area contributed by atoms with Gasteiger partial charge in [0.2, 0.25) is 5.91 Å². The van der Waals surface area contributed by atoms with Crippen LogP contribution in [0.15, 0.2) is 22.7 Å². The van der Waals surface area contributed by atoms with E-state index in [1.54, 1.807) is 25.3 Å². The molecule has 7 heteroatoms. The molecule has 1 fully saturated rings. The molecule has 0 aliphatic carbocycles. The fraction of sp³-hybridized carbons (Fsp3) is 0.556. The molecule has 1 aliphatic heterocycles. The summed E-state index contributed by atoms with van der Waals surface area (Å²) in [6, 6.07) is 5.34. The number of hydrogen-bond acceptors (Lipinski definition) is 4. The normalized spacial score (nSPS) is 15.8. The lowest BCUT2D eigenvalue weighted by Gasteiger charge is -2.35. The van der Waals surface area contributed by atoms with E-state index in [-0.39, 0.29) is 17.4 Å². The molecule has 6 nitrogen and oxygen atoms in total. The molecule has 1 saturated heterocycles. The van der Waals surface area contributed by atoms with E-state index in [4.69, 9.17) is 4.74 Å². The number of amides is 2. The molecule has 0 spiro atoms. The van der Waals surface area contributed by atoms with Gasteiger partial charge in [0.15, 0.2) is 0 Å². The molecule has 1 N–H and O–H groups in total. The number of halogens is 1. The topological polar surface area (TPSA) is 61.9 Å². The van der Waals surface area contributed by atoms with Crippen molar-refractivity contribution < 1.29 is 14.3 Å². The van der Waals surface area contributed by atoms with E-state index < -0.39 is 0 Å². The van der Waals surface area contributed by atoms with E-state index in [1.807, 2.05) is 25.7 Å². The van der Waals surface area contributed by atoms with E-state index in [9.17, 15) is 9.59 Å². The molecule has 0 bridgehead atoms. The summed E-state index contributed by atoms with van der Waals surface area (Å²) in [5.74, 6) is 0.722. The van der Waals surface area contributed by atoms with Gasteiger partial charge in [-0.2, -0.15) is 0 Å². The minimum Gasteiger partial charge on any atom is -0.496 e. The first-order valence-electron chi connectivity index (χ1n) is 8.36. The van der Waals surface area contributed by atoms with Crippen molar-refractivity contribution in [2.45, 2.75) is 26.3 Å². The number of piperazine rings is 1. The lowest BCUT2D eigenvalue weighted by molar-refractivity contribution is -0.124. The molecule has 1 aromatic carbocycles. The van der Waals surface area contributed by atoms with Gasteiger partial charge in [-0.15, -0.1) is 0 Å². The minimum atomic E-state index is -0.226.